The van der Waals surface area contributed by atoms with Crippen LogP contribution in [0.4, 0.5) is 11.4 Å². The molecule has 0 heterocycles. The fourth-order valence-electron chi connectivity index (χ4n) is 2.28. The number of nitrogens with zero attached hydrogens (tertiary/aromatic N) is 1. The molecular weight excluding hydrogens is 404 g/mol. The molecule has 2 aromatic carbocycles. The molecule has 0 aliphatic rings. The van der Waals surface area contributed by atoms with Crippen LogP contribution < -0.4 is 14.8 Å². The number of nitrogens with one attached hydrogen (secondary N) is 1. The highest BCUT2D eigenvalue weighted by molar-refractivity contribution is 9.10. The van der Waals surface area contributed by atoms with Crippen molar-refractivity contribution in [3.63, 3.8) is 0 Å². The van der Waals surface area contributed by atoms with E-state index in [1.807, 2.05) is 6.92 Å². The van der Waals surface area contributed by atoms with E-state index in [0.717, 1.165) is 6.42 Å². The maximum atomic E-state index is 12.5. The van der Waals surface area contributed by atoms with Crippen molar-refractivity contribution in [2.75, 3.05) is 19.0 Å². The predicted octanol–water partition coefficient (Wildman–Crippen LogP) is 4.72. The number of halogens is 1. The van der Waals surface area contributed by atoms with Crippen LogP contribution in [0.25, 0.3) is 0 Å². The highest BCUT2D eigenvalue weighted by Crippen LogP contribution is 2.37. The van der Waals surface area contributed by atoms with Gasteiger partial charge in [0.1, 0.15) is 0 Å². The van der Waals surface area contributed by atoms with Gasteiger partial charge in [0.05, 0.1) is 23.1 Å². The normalized spacial score (nSPS) is 10.3. The lowest BCUT2D eigenvalue weighted by atomic mass is 10.1. The zero-order valence-corrected chi connectivity index (χ0v) is 16.3. The van der Waals surface area contributed by atoms with Gasteiger partial charge in [-0.2, -0.15) is 0 Å². The highest BCUT2D eigenvalue weighted by atomic mass is 79.9. The van der Waals surface area contributed by atoms with Crippen molar-refractivity contribution in [2.45, 2.75) is 20.3 Å². The molecule has 2 aromatic rings. The van der Waals surface area contributed by atoms with Gasteiger partial charge in [-0.3, -0.25) is 14.9 Å². The fourth-order valence-corrected chi connectivity index (χ4v) is 2.84. The Kier molecular flexibility index (Phi) is 6.57. The second-order valence-corrected chi connectivity index (χ2v) is 6.40. The molecule has 0 spiro atoms. The maximum absolute atomic E-state index is 12.5. The van der Waals surface area contributed by atoms with Crippen molar-refractivity contribution < 1.29 is 19.2 Å². The van der Waals surface area contributed by atoms with E-state index in [-0.39, 0.29) is 5.69 Å². The van der Waals surface area contributed by atoms with Crippen LogP contribution in [0.1, 0.15) is 29.3 Å². The summed E-state index contributed by atoms with van der Waals surface area (Å²) in [4.78, 5) is 23.1. The van der Waals surface area contributed by atoms with Gasteiger partial charge in [0.15, 0.2) is 11.5 Å². The number of hydrogen-bond donors (Lipinski definition) is 1. The maximum Gasteiger partial charge on any atom is 0.274 e. The fraction of sp³-hybridized carbons (Fsp3) is 0.278. The third kappa shape index (κ3) is 4.51. The molecule has 1 N–H and O–H groups in total. The van der Waals surface area contributed by atoms with Crippen LogP contribution in [0.5, 0.6) is 11.5 Å². The molecule has 0 saturated carbocycles. The molecule has 0 aromatic heterocycles. The average molecular weight is 423 g/mol. The molecule has 138 valence electrons. The molecule has 26 heavy (non-hydrogen) atoms. The Morgan fingerprint density at radius 1 is 1.31 bits per heavy atom. The van der Waals surface area contributed by atoms with Crippen LogP contribution in [0, 0.1) is 17.0 Å². The monoisotopic (exact) mass is 422 g/mol. The summed E-state index contributed by atoms with van der Waals surface area (Å²) < 4.78 is 11.5. The van der Waals surface area contributed by atoms with E-state index in [2.05, 4.69) is 21.2 Å². The number of nitro groups is 1. The van der Waals surface area contributed by atoms with Crippen LogP contribution in [0.15, 0.2) is 34.8 Å². The second-order valence-electron chi connectivity index (χ2n) is 5.55. The molecule has 0 radical (unpaired) electrons. The van der Waals surface area contributed by atoms with E-state index < -0.39 is 10.8 Å². The number of nitro benzene ring substituents is 1. The number of carbonyl (C=O) groups excluding carboxylic acids is 1. The summed E-state index contributed by atoms with van der Waals surface area (Å²) >= 11 is 3.39. The Morgan fingerprint density at radius 2 is 2.04 bits per heavy atom. The Morgan fingerprint density at radius 3 is 2.65 bits per heavy atom. The zero-order valence-electron chi connectivity index (χ0n) is 14.7. The average Bonchev–Trinajstić information content (AvgIpc) is 2.61. The first-order valence-corrected chi connectivity index (χ1v) is 8.73. The lowest BCUT2D eigenvalue weighted by Crippen LogP contribution is -2.13. The quantitative estimate of drug-likeness (QED) is 0.514. The third-order valence-electron chi connectivity index (χ3n) is 3.61. The summed E-state index contributed by atoms with van der Waals surface area (Å²) in [7, 11) is 1.49. The van der Waals surface area contributed by atoms with Crippen LogP contribution >= 0.6 is 15.9 Å². The zero-order chi connectivity index (χ0) is 19.3. The Labute approximate surface area is 159 Å². The van der Waals surface area contributed by atoms with Gasteiger partial charge in [-0.15, -0.1) is 0 Å². The number of benzene rings is 2. The second kappa shape index (κ2) is 8.66. The van der Waals surface area contributed by atoms with Gasteiger partial charge in [0.2, 0.25) is 0 Å². The van der Waals surface area contributed by atoms with Gasteiger partial charge < -0.3 is 14.8 Å². The molecular formula is C18H19BrN2O5. The largest absolute Gasteiger partial charge is 0.493 e. The number of carbonyl (C=O) groups is 1. The van der Waals surface area contributed by atoms with Crippen LogP contribution in [-0.4, -0.2) is 24.5 Å². The van der Waals surface area contributed by atoms with Gasteiger partial charge >= 0.3 is 0 Å². The smallest absolute Gasteiger partial charge is 0.274 e. The lowest BCUT2D eigenvalue weighted by molar-refractivity contribution is -0.385. The van der Waals surface area contributed by atoms with Gasteiger partial charge in [-0.05, 0) is 47.5 Å². The van der Waals surface area contributed by atoms with Crippen molar-refractivity contribution >= 4 is 33.2 Å². The van der Waals surface area contributed by atoms with Crippen molar-refractivity contribution in [3.8, 4) is 11.5 Å². The van der Waals surface area contributed by atoms with E-state index >= 15 is 0 Å². The molecule has 0 aliphatic heterocycles. The molecule has 8 heteroatoms. The number of rotatable bonds is 7. The highest BCUT2D eigenvalue weighted by Gasteiger charge is 2.17. The first-order valence-electron chi connectivity index (χ1n) is 7.94. The standard InChI is InChI=1S/C18H19BrN2O5/c1-4-7-26-17-14(19)8-12(9-16(17)25-3)18(22)20-13-6-5-11(2)15(10-13)21(23)24/h5-6,8-10H,4,7H2,1-3H3,(H,20,22). The van der Waals surface area contributed by atoms with Crippen LogP contribution in [0.3, 0.4) is 0 Å². The topological polar surface area (TPSA) is 90.7 Å². The van der Waals surface area contributed by atoms with Gasteiger partial charge in [-0.25, -0.2) is 0 Å². The van der Waals surface area contributed by atoms with Crippen molar-refractivity contribution in [1.82, 2.24) is 0 Å². The van der Waals surface area contributed by atoms with Crippen LogP contribution in [0.2, 0.25) is 0 Å². The summed E-state index contributed by atoms with van der Waals surface area (Å²) in [5.41, 5.74) is 1.15. The molecule has 2 rings (SSSR count). The molecule has 0 atom stereocenters. The van der Waals surface area contributed by atoms with E-state index in [0.29, 0.717) is 39.4 Å². The molecule has 1 amide bonds. The van der Waals surface area contributed by atoms with Crippen molar-refractivity contribution in [2.24, 2.45) is 0 Å². The summed E-state index contributed by atoms with van der Waals surface area (Å²) in [6.45, 7) is 4.15. The van der Waals surface area contributed by atoms with Gasteiger partial charge in [-0.1, -0.05) is 13.0 Å². The molecule has 0 unspecified atom stereocenters. The Bertz CT molecular complexity index is 839. The SMILES string of the molecule is CCCOc1c(Br)cc(C(=O)Nc2ccc(C)c([N+](=O)[O-])c2)cc1OC. The minimum atomic E-state index is -0.482. The minimum absolute atomic E-state index is 0.0510. The first kappa shape index (κ1) is 19.7. The number of ether oxygens (including phenoxy) is 2. The Balaban J connectivity index is 2.28. The number of methoxy groups -OCH3 is 1. The van der Waals surface area contributed by atoms with E-state index in [4.69, 9.17) is 9.47 Å². The molecule has 0 saturated heterocycles. The molecule has 0 aliphatic carbocycles. The minimum Gasteiger partial charge on any atom is -0.493 e. The van der Waals surface area contributed by atoms with Crippen molar-refractivity contribution in [3.05, 3.63) is 56.0 Å². The summed E-state index contributed by atoms with van der Waals surface area (Å²) in [5, 5.41) is 13.7. The third-order valence-corrected chi connectivity index (χ3v) is 4.19. The summed E-state index contributed by atoms with van der Waals surface area (Å²) in [6.07, 6.45) is 0.837. The number of aryl methyl sites for hydroxylation is 1. The van der Waals surface area contributed by atoms with Gasteiger partial charge in [0.25, 0.3) is 11.6 Å². The molecule has 0 bridgehead atoms. The number of hydrogen-bond acceptors (Lipinski definition) is 5. The van der Waals surface area contributed by atoms with Crippen LogP contribution in [-0.2, 0) is 0 Å². The van der Waals surface area contributed by atoms with Crippen molar-refractivity contribution in [1.29, 1.82) is 0 Å². The number of amides is 1. The summed E-state index contributed by atoms with van der Waals surface area (Å²) in [5.74, 6) is 0.536. The van der Waals surface area contributed by atoms with E-state index in [9.17, 15) is 14.9 Å². The van der Waals surface area contributed by atoms with E-state index in [1.165, 1.54) is 13.2 Å². The summed E-state index contributed by atoms with van der Waals surface area (Å²) in [6, 6.07) is 7.72. The van der Waals surface area contributed by atoms with E-state index in [1.54, 1.807) is 31.2 Å². The lowest BCUT2D eigenvalue weighted by Gasteiger charge is -2.14. The molecule has 0 fully saturated rings. The Hall–Kier alpha value is -2.61. The van der Waals surface area contributed by atoms with Gasteiger partial charge in [0, 0.05) is 22.9 Å². The first-order chi connectivity index (χ1) is 12.4. The molecule has 7 nitrogen and oxygen atoms in total. The predicted molar refractivity (Wildman–Crippen MR) is 102 cm³/mol. The number of anilines is 1.